The molecule has 0 aliphatic heterocycles. The fourth-order valence-corrected chi connectivity index (χ4v) is 2.08. The zero-order valence-electron chi connectivity index (χ0n) is 11.2. The Kier molecular flexibility index (Phi) is 3.41. The van der Waals surface area contributed by atoms with Gasteiger partial charge in [0.05, 0.1) is 18.6 Å². The average Bonchev–Trinajstić information content (AvgIpc) is 2.90. The molecule has 5 nitrogen and oxygen atoms in total. The zero-order valence-corrected chi connectivity index (χ0v) is 11.2. The van der Waals surface area contributed by atoms with Crippen LogP contribution in [0.15, 0.2) is 49.2 Å². The minimum Gasteiger partial charge on any atom is -0.394 e. The third kappa shape index (κ3) is 2.38. The van der Waals surface area contributed by atoms with Crippen molar-refractivity contribution in [1.29, 1.82) is 0 Å². The van der Waals surface area contributed by atoms with E-state index in [9.17, 15) is 0 Å². The summed E-state index contributed by atoms with van der Waals surface area (Å²) in [4.78, 5) is 13.0. The van der Waals surface area contributed by atoms with Crippen molar-refractivity contribution >= 4 is 17.2 Å². The van der Waals surface area contributed by atoms with Crippen molar-refractivity contribution in [3.05, 3.63) is 60.4 Å². The van der Waals surface area contributed by atoms with Gasteiger partial charge >= 0.3 is 0 Å². The maximum absolute atomic E-state index is 4.43. The fraction of sp³-hybridized carbons (Fsp3) is 0.133. The number of nitrogens with zero attached hydrogens (tertiary/aromatic N) is 4. The van der Waals surface area contributed by atoms with E-state index in [1.54, 1.807) is 6.33 Å². The Bertz CT molecular complexity index is 730. The highest BCUT2D eigenvalue weighted by Crippen LogP contribution is 2.15. The summed E-state index contributed by atoms with van der Waals surface area (Å²) in [6.45, 7) is 0.754. The van der Waals surface area contributed by atoms with Gasteiger partial charge in [-0.05, 0) is 17.8 Å². The number of benzene rings is 1. The molecule has 0 saturated carbocycles. The molecule has 20 heavy (non-hydrogen) atoms. The maximum atomic E-state index is 4.43. The zero-order chi connectivity index (χ0) is 13.8. The highest BCUT2D eigenvalue weighted by Gasteiger charge is 2.08. The Morgan fingerprint density at radius 2 is 2.00 bits per heavy atom. The number of rotatable bonds is 4. The van der Waals surface area contributed by atoms with Crippen LogP contribution >= 0.6 is 0 Å². The molecule has 0 bridgehead atoms. The second-order valence-electron chi connectivity index (χ2n) is 4.41. The van der Waals surface area contributed by atoms with Crippen LogP contribution in [0.3, 0.4) is 0 Å². The minimum absolute atomic E-state index is 0.754. The highest BCUT2D eigenvalue weighted by atomic mass is 15.1. The van der Waals surface area contributed by atoms with Crippen LogP contribution in [-0.2, 0) is 6.54 Å². The lowest BCUT2D eigenvalue weighted by Crippen LogP contribution is -1.99. The Balaban J connectivity index is 1.99. The lowest BCUT2D eigenvalue weighted by Gasteiger charge is -2.03. The van der Waals surface area contributed by atoms with E-state index in [1.807, 2.05) is 48.4 Å². The standard InChI is InChI=1S/C15H15N5/c1-16-8-7-13-14-15(18-10-17-13)20(11-19-14)9-12-5-3-2-4-6-12/h2-8,10-11,16H,9H2,1H3/b8-7+. The van der Waals surface area contributed by atoms with Crippen molar-refractivity contribution in [2.45, 2.75) is 6.54 Å². The van der Waals surface area contributed by atoms with Gasteiger partial charge in [0.1, 0.15) is 11.8 Å². The van der Waals surface area contributed by atoms with Gasteiger partial charge in [-0.25, -0.2) is 15.0 Å². The fourth-order valence-electron chi connectivity index (χ4n) is 2.08. The van der Waals surface area contributed by atoms with E-state index in [0.29, 0.717) is 0 Å². The summed E-state index contributed by atoms with van der Waals surface area (Å²) >= 11 is 0. The van der Waals surface area contributed by atoms with Crippen molar-refractivity contribution in [3.63, 3.8) is 0 Å². The molecule has 1 aromatic carbocycles. The lowest BCUT2D eigenvalue weighted by atomic mass is 10.2. The van der Waals surface area contributed by atoms with E-state index in [2.05, 4.69) is 32.4 Å². The predicted molar refractivity (Wildman–Crippen MR) is 79.0 cm³/mol. The summed E-state index contributed by atoms with van der Waals surface area (Å²) in [5.74, 6) is 0. The van der Waals surface area contributed by atoms with Gasteiger partial charge in [-0.15, -0.1) is 0 Å². The van der Waals surface area contributed by atoms with Crippen molar-refractivity contribution in [2.24, 2.45) is 0 Å². The highest BCUT2D eigenvalue weighted by molar-refractivity contribution is 5.79. The van der Waals surface area contributed by atoms with Crippen molar-refractivity contribution < 1.29 is 0 Å². The molecule has 0 fully saturated rings. The number of imidazole rings is 1. The Hall–Kier alpha value is -2.69. The first kappa shape index (κ1) is 12.3. The molecule has 0 amide bonds. The van der Waals surface area contributed by atoms with Crippen LogP contribution in [-0.4, -0.2) is 26.6 Å². The number of aromatic nitrogens is 4. The molecule has 0 aliphatic rings. The molecule has 0 spiro atoms. The Labute approximate surface area is 117 Å². The van der Waals surface area contributed by atoms with E-state index in [0.717, 1.165) is 23.4 Å². The van der Waals surface area contributed by atoms with Gasteiger partial charge < -0.3 is 9.88 Å². The van der Waals surface area contributed by atoms with Crippen molar-refractivity contribution in [1.82, 2.24) is 24.8 Å². The quantitative estimate of drug-likeness (QED) is 0.784. The number of hydrogen-bond donors (Lipinski definition) is 1. The molecule has 3 rings (SSSR count). The van der Waals surface area contributed by atoms with Crippen molar-refractivity contribution in [3.8, 4) is 0 Å². The number of fused-ring (bicyclic) bond motifs is 1. The van der Waals surface area contributed by atoms with Crippen LogP contribution in [0.4, 0.5) is 0 Å². The largest absolute Gasteiger partial charge is 0.394 e. The Morgan fingerprint density at radius 1 is 1.15 bits per heavy atom. The van der Waals surface area contributed by atoms with Crippen LogP contribution in [0.1, 0.15) is 11.3 Å². The third-order valence-corrected chi connectivity index (χ3v) is 3.03. The maximum Gasteiger partial charge on any atom is 0.164 e. The van der Waals surface area contributed by atoms with Gasteiger partial charge in [0.15, 0.2) is 5.65 Å². The van der Waals surface area contributed by atoms with Gasteiger partial charge in [0.25, 0.3) is 0 Å². The summed E-state index contributed by atoms with van der Waals surface area (Å²) in [5.41, 5.74) is 3.70. The monoisotopic (exact) mass is 265 g/mol. The van der Waals surface area contributed by atoms with Crippen LogP contribution in [0.5, 0.6) is 0 Å². The first-order valence-corrected chi connectivity index (χ1v) is 6.42. The van der Waals surface area contributed by atoms with E-state index >= 15 is 0 Å². The second-order valence-corrected chi connectivity index (χ2v) is 4.41. The van der Waals surface area contributed by atoms with Gasteiger partial charge in [-0.3, -0.25) is 0 Å². The predicted octanol–water partition coefficient (Wildman–Crippen LogP) is 2.06. The summed E-state index contributed by atoms with van der Waals surface area (Å²) in [6.07, 6.45) is 7.10. The molecule has 2 heterocycles. The van der Waals surface area contributed by atoms with Crippen LogP contribution < -0.4 is 5.32 Å². The van der Waals surface area contributed by atoms with Gasteiger partial charge in [-0.1, -0.05) is 30.3 Å². The van der Waals surface area contributed by atoms with E-state index in [1.165, 1.54) is 5.56 Å². The molecule has 0 saturated heterocycles. The molecular formula is C15H15N5. The molecule has 5 heteroatoms. The first-order valence-electron chi connectivity index (χ1n) is 6.42. The third-order valence-electron chi connectivity index (χ3n) is 3.03. The van der Waals surface area contributed by atoms with Crippen LogP contribution in [0.2, 0.25) is 0 Å². The molecule has 0 unspecified atom stereocenters. The van der Waals surface area contributed by atoms with E-state index in [-0.39, 0.29) is 0 Å². The van der Waals surface area contributed by atoms with Gasteiger partial charge in [-0.2, -0.15) is 0 Å². The molecule has 0 atom stereocenters. The van der Waals surface area contributed by atoms with Gasteiger partial charge in [0.2, 0.25) is 0 Å². The van der Waals surface area contributed by atoms with E-state index in [4.69, 9.17) is 0 Å². The molecule has 3 aromatic rings. The lowest BCUT2D eigenvalue weighted by molar-refractivity contribution is 0.813. The van der Waals surface area contributed by atoms with Crippen LogP contribution in [0, 0.1) is 0 Å². The molecule has 0 radical (unpaired) electrons. The first-order chi connectivity index (χ1) is 9.88. The SMILES string of the molecule is CN/C=C/c1ncnc2c1ncn2Cc1ccccc1. The number of nitrogens with one attached hydrogen (secondary N) is 1. The topological polar surface area (TPSA) is 55.6 Å². The molecule has 2 aromatic heterocycles. The molecular weight excluding hydrogens is 250 g/mol. The summed E-state index contributed by atoms with van der Waals surface area (Å²) in [6, 6.07) is 10.3. The smallest absolute Gasteiger partial charge is 0.164 e. The van der Waals surface area contributed by atoms with E-state index < -0.39 is 0 Å². The minimum atomic E-state index is 0.754. The second kappa shape index (κ2) is 5.52. The summed E-state index contributed by atoms with van der Waals surface area (Å²) in [7, 11) is 1.85. The molecule has 0 aliphatic carbocycles. The summed E-state index contributed by atoms with van der Waals surface area (Å²) < 4.78 is 2.03. The normalized spacial score (nSPS) is 11.2. The van der Waals surface area contributed by atoms with Crippen LogP contribution in [0.25, 0.3) is 17.2 Å². The van der Waals surface area contributed by atoms with Crippen molar-refractivity contribution in [2.75, 3.05) is 7.05 Å². The summed E-state index contributed by atoms with van der Waals surface area (Å²) in [5, 5.41) is 2.95. The average molecular weight is 265 g/mol. The Morgan fingerprint density at radius 3 is 2.80 bits per heavy atom. The molecule has 1 N–H and O–H groups in total. The number of hydrogen-bond acceptors (Lipinski definition) is 4. The van der Waals surface area contributed by atoms with Gasteiger partial charge in [0, 0.05) is 7.05 Å². The molecule has 100 valence electrons.